The van der Waals surface area contributed by atoms with Crippen LogP contribution in [-0.2, 0) is 22.9 Å². The number of aromatic nitrogens is 2. The van der Waals surface area contributed by atoms with Crippen molar-refractivity contribution in [2.24, 2.45) is 5.92 Å². The number of nitrogens with one attached hydrogen (secondary N) is 1. The number of benzene rings is 1. The number of rotatable bonds is 4. The number of hydrogen-bond donors (Lipinski definition) is 1. The van der Waals surface area contributed by atoms with Crippen LogP contribution in [0.25, 0.3) is 0 Å². The predicted octanol–water partition coefficient (Wildman–Crippen LogP) is 2.64. The predicted molar refractivity (Wildman–Crippen MR) is 106 cm³/mol. The molecule has 2 aromatic rings. The molecule has 1 N–H and O–H groups in total. The first-order chi connectivity index (χ1) is 13.4. The second-order valence-corrected chi connectivity index (χ2v) is 9.50. The molecule has 1 aliphatic heterocycles. The summed E-state index contributed by atoms with van der Waals surface area (Å²) in [5.74, 6) is 0.802. The van der Waals surface area contributed by atoms with Crippen LogP contribution in [-0.4, -0.2) is 41.7 Å². The molecule has 0 unspecified atom stereocenters. The number of nitrogens with zero attached hydrogens (tertiary/aromatic N) is 3. The van der Waals surface area contributed by atoms with E-state index in [4.69, 9.17) is 0 Å². The van der Waals surface area contributed by atoms with Gasteiger partial charge in [0.05, 0.1) is 4.90 Å². The number of piperidine rings is 1. The van der Waals surface area contributed by atoms with Crippen LogP contribution < -0.4 is 5.32 Å². The highest BCUT2D eigenvalue weighted by Gasteiger charge is 2.28. The lowest BCUT2D eigenvalue weighted by molar-refractivity contribution is 0.102. The molecule has 148 valence electrons. The zero-order valence-corrected chi connectivity index (χ0v) is 16.7. The highest BCUT2D eigenvalue weighted by atomic mass is 32.2. The molecule has 1 saturated heterocycles. The van der Waals surface area contributed by atoms with Crippen molar-refractivity contribution in [1.29, 1.82) is 0 Å². The average Bonchev–Trinajstić information content (AvgIpc) is 3.18. The van der Waals surface area contributed by atoms with E-state index in [0.717, 1.165) is 43.4 Å². The van der Waals surface area contributed by atoms with Gasteiger partial charge in [-0.25, -0.2) is 18.4 Å². The summed E-state index contributed by atoms with van der Waals surface area (Å²) in [6, 6.07) is 6.12. The van der Waals surface area contributed by atoms with Crippen molar-refractivity contribution in [2.45, 2.75) is 43.9 Å². The standard InChI is InChI=1S/C20H24N4O3S/c1-14-9-11-24(12-10-14)28(26,27)16-7-5-15(6-8-16)20(25)23-19-17-3-2-4-18(17)21-13-22-19/h5-8,13-14H,2-4,9-12H2,1H3,(H,21,22,23,25). The summed E-state index contributed by atoms with van der Waals surface area (Å²) in [6.45, 7) is 3.24. The maximum atomic E-state index is 12.8. The molecule has 0 bridgehead atoms. The van der Waals surface area contributed by atoms with Gasteiger partial charge in [0, 0.05) is 29.9 Å². The van der Waals surface area contributed by atoms with E-state index in [1.807, 2.05) is 0 Å². The molecule has 2 heterocycles. The molecule has 1 aromatic heterocycles. The largest absolute Gasteiger partial charge is 0.306 e. The second kappa shape index (κ2) is 7.60. The van der Waals surface area contributed by atoms with Crippen molar-refractivity contribution >= 4 is 21.7 Å². The van der Waals surface area contributed by atoms with Gasteiger partial charge in [0.25, 0.3) is 5.91 Å². The third-order valence-electron chi connectivity index (χ3n) is 5.60. The molecule has 0 saturated carbocycles. The van der Waals surface area contributed by atoms with Gasteiger partial charge < -0.3 is 5.32 Å². The van der Waals surface area contributed by atoms with E-state index in [2.05, 4.69) is 22.2 Å². The highest BCUT2D eigenvalue weighted by Crippen LogP contribution is 2.26. The number of hydrogen-bond acceptors (Lipinski definition) is 5. The fourth-order valence-corrected chi connectivity index (χ4v) is 5.27. The monoisotopic (exact) mass is 400 g/mol. The van der Waals surface area contributed by atoms with Crippen LogP contribution in [0.5, 0.6) is 0 Å². The molecule has 0 spiro atoms. The van der Waals surface area contributed by atoms with Gasteiger partial charge >= 0.3 is 0 Å². The molecule has 7 nitrogen and oxygen atoms in total. The van der Waals surface area contributed by atoms with Gasteiger partial charge in [0.15, 0.2) is 0 Å². The Balaban J connectivity index is 1.49. The molecule has 0 atom stereocenters. The smallest absolute Gasteiger partial charge is 0.256 e. The van der Waals surface area contributed by atoms with Gasteiger partial charge in [-0.3, -0.25) is 4.79 Å². The molecular formula is C20H24N4O3S. The number of amides is 1. The molecule has 1 aliphatic carbocycles. The molecule has 1 fully saturated rings. The third-order valence-corrected chi connectivity index (χ3v) is 7.52. The second-order valence-electron chi connectivity index (χ2n) is 7.57. The lowest BCUT2D eigenvalue weighted by Gasteiger charge is -2.29. The van der Waals surface area contributed by atoms with Crippen LogP contribution in [0.1, 0.15) is 47.8 Å². The summed E-state index contributed by atoms with van der Waals surface area (Å²) < 4.78 is 27.1. The zero-order chi connectivity index (χ0) is 19.7. The Labute approximate surface area is 165 Å². The lowest BCUT2D eigenvalue weighted by Crippen LogP contribution is -2.37. The highest BCUT2D eigenvalue weighted by molar-refractivity contribution is 7.89. The van der Waals surface area contributed by atoms with Crippen LogP contribution >= 0.6 is 0 Å². The summed E-state index contributed by atoms with van der Waals surface area (Å²) in [5, 5.41) is 2.84. The number of fused-ring (bicyclic) bond motifs is 1. The Morgan fingerprint density at radius 2 is 1.82 bits per heavy atom. The number of aryl methyl sites for hydroxylation is 1. The Hall–Kier alpha value is -2.32. The first-order valence-electron chi connectivity index (χ1n) is 9.69. The van der Waals surface area contributed by atoms with E-state index < -0.39 is 10.0 Å². The first kappa shape index (κ1) is 19.0. The van der Waals surface area contributed by atoms with E-state index in [1.54, 1.807) is 12.1 Å². The fraction of sp³-hybridized carbons (Fsp3) is 0.450. The first-order valence-corrected chi connectivity index (χ1v) is 11.1. The van der Waals surface area contributed by atoms with Crippen molar-refractivity contribution in [1.82, 2.24) is 14.3 Å². The van der Waals surface area contributed by atoms with Crippen LogP contribution in [0, 0.1) is 5.92 Å². The minimum Gasteiger partial charge on any atom is -0.306 e. The summed E-state index contributed by atoms with van der Waals surface area (Å²) >= 11 is 0. The van der Waals surface area contributed by atoms with Crippen LogP contribution in [0.3, 0.4) is 0 Å². The van der Waals surface area contributed by atoms with E-state index in [1.165, 1.54) is 22.8 Å². The van der Waals surface area contributed by atoms with Crippen molar-refractivity contribution in [3.05, 3.63) is 47.4 Å². The molecule has 0 radical (unpaired) electrons. The third kappa shape index (κ3) is 3.66. The fourth-order valence-electron chi connectivity index (χ4n) is 3.80. The maximum Gasteiger partial charge on any atom is 0.256 e. The van der Waals surface area contributed by atoms with E-state index in [-0.39, 0.29) is 10.8 Å². The molecule has 4 rings (SSSR count). The molecule has 2 aliphatic rings. The summed E-state index contributed by atoms with van der Waals surface area (Å²) in [6.07, 6.45) is 6.00. The Morgan fingerprint density at radius 1 is 1.11 bits per heavy atom. The molecule has 28 heavy (non-hydrogen) atoms. The lowest BCUT2D eigenvalue weighted by atomic mass is 10.0. The summed E-state index contributed by atoms with van der Waals surface area (Å²) in [4.78, 5) is 21.3. The van der Waals surface area contributed by atoms with Crippen molar-refractivity contribution in [3.8, 4) is 0 Å². The quantitative estimate of drug-likeness (QED) is 0.852. The maximum absolute atomic E-state index is 12.8. The van der Waals surface area contributed by atoms with Gasteiger partial charge in [-0.2, -0.15) is 4.31 Å². The van der Waals surface area contributed by atoms with Crippen molar-refractivity contribution < 1.29 is 13.2 Å². The van der Waals surface area contributed by atoms with Gasteiger partial charge in [-0.1, -0.05) is 6.92 Å². The minimum atomic E-state index is -3.51. The SMILES string of the molecule is CC1CCN(S(=O)(=O)c2ccc(C(=O)Nc3ncnc4c3CCC4)cc2)CC1. The van der Waals surface area contributed by atoms with Crippen molar-refractivity contribution in [2.75, 3.05) is 18.4 Å². The number of carbonyl (C=O) groups is 1. The number of carbonyl (C=O) groups excluding carboxylic acids is 1. The summed E-state index contributed by atoms with van der Waals surface area (Å²) in [7, 11) is -3.51. The van der Waals surface area contributed by atoms with Crippen LogP contribution in [0.2, 0.25) is 0 Å². The Bertz CT molecular complexity index is 981. The number of anilines is 1. The van der Waals surface area contributed by atoms with Gasteiger partial charge in [0.2, 0.25) is 10.0 Å². The van der Waals surface area contributed by atoms with Crippen molar-refractivity contribution in [3.63, 3.8) is 0 Å². The van der Waals surface area contributed by atoms with E-state index in [0.29, 0.717) is 30.4 Å². The van der Waals surface area contributed by atoms with E-state index in [9.17, 15) is 13.2 Å². The number of sulfonamides is 1. The van der Waals surface area contributed by atoms with E-state index >= 15 is 0 Å². The Kier molecular flexibility index (Phi) is 5.16. The average molecular weight is 401 g/mol. The molecule has 8 heteroatoms. The van der Waals surface area contributed by atoms with Gasteiger partial charge in [-0.05, 0) is 62.3 Å². The van der Waals surface area contributed by atoms with Crippen LogP contribution in [0.4, 0.5) is 5.82 Å². The van der Waals surface area contributed by atoms with Gasteiger partial charge in [-0.15, -0.1) is 0 Å². The van der Waals surface area contributed by atoms with Crippen LogP contribution in [0.15, 0.2) is 35.5 Å². The topological polar surface area (TPSA) is 92.3 Å². The molecular weight excluding hydrogens is 376 g/mol. The summed E-state index contributed by atoms with van der Waals surface area (Å²) in [5.41, 5.74) is 2.38. The van der Waals surface area contributed by atoms with Gasteiger partial charge in [0.1, 0.15) is 12.1 Å². The molecule has 1 aromatic carbocycles. The Morgan fingerprint density at radius 3 is 2.54 bits per heavy atom. The minimum absolute atomic E-state index is 0.224. The molecule has 1 amide bonds. The zero-order valence-electron chi connectivity index (χ0n) is 15.9. The normalized spacial score (nSPS) is 18.0.